The van der Waals surface area contributed by atoms with Crippen LogP contribution in [0.15, 0.2) is 22.3 Å². The van der Waals surface area contributed by atoms with E-state index in [0.29, 0.717) is 34.5 Å². The SMILES string of the molecule is O=C(c1nc2sc3c(c2c(=O)[nH]1)CCC3)N1CCC(c2cc(C3CC=CS3)[nH]n2)CC1. The van der Waals surface area contributed by atoms with E-state index in [2.05, 4.69) is 37.7 Å². The molecule has 31 heavy (non-hydrogen) atoms. The maximum Gasteiger partial charge on any atom is 0.289 e. The molecule has 1 fully saturated rings. The van der Waals surface area contributed by atoms with Crippen LogP contribution in [0.1, 0.15) is 69.3 Å². The Hall–Kier alpha value is -2.39. The molecule has 0 bridgehead atoms. The molecule has 1 amide bonds. The van der Waals surface area contributed by atoms with Gasteiger partial charge in [0.05, 0.1) is 16.3 Å². The number of likely N-dealkylation sites (tertiary alicyclic amines) is 1. The zero-order valence-electron chi connectivity index (χ0n) is 17.0. The van der Waals surface area contributed by atoms with Crippen molar-refractivity contribution < 1.29 is 4.79 Å². The minimum absolute atomic E-state index is 0.170. The third-order valence-corrected chi connectivity index (χ3v) is 8.94. The standard InChI is InChI=1S/C22H23N5O2S2/c28-20-18-13-3-1-4-16(13)31-21(18)24-19(23-20)22(29)27-8-6-12(7-9-27)14-11-15(26-25-14)17-5-2-10-30-17/h2,10-12,17H,1,3-9H2,(H,25,26)(H,23,24,28). The number of aryl methyl sites for hydroxylation is 2. The molecule has 5 heterocycles. The van der Waals surface area contributed by atoms with Gasteiger partial charge in [-0.25, -0.2) is 4.98 Å². The summed E-state index contributed by atoms with van der Waals surface area (Å²) in [5, 5.41) is 11.0. The first kappa shape index (κ1) is 19.3. The number of nitrogens with one attached hydrogen (secondary N) is 2. The van der Waals surface area contributed by atoms with Crippen molar-refractivity contribution in [1.82, 2.24) is 25.1 Å². The first-order valence-electron chi connectivity index (χ1n) is 10.9. The predicted molar refractivity (Wildman–Crippen MR) is 123 cm³/mol. The first-order chi connectivity index (χ1) is 15.2. The number of thiophene rings is 1. The molecule has 9 heteroatoms. The Morgan fingerprint density at radius 2 is 2.10 bits per heavy atom. The van der Waals surface area contributed by atoms with Crippen LogP contribution < -0.4 is 5.56 Å². The van der Waals surface area contributed by atoms with Crippen molar-refractivity contribution >= 4 is 39.2 Å². The summed E-state index contributed by atoms with van der Waals surface area (Å²) in [6.45, 7) is 1.29. The molecule has 7 nitrogen and oxygen atoms in total. The molecule has 3 aromatic heterocycles. The van der Waals surface area contributed by atoms with Crippen molar-refractivity contribution in [2.45, 2.75) is 49.7 Å². The van der Waals surface area contributed by atoms with Gasteiger partial charge in [-0.05, 0) is 55.6 Å². The Balaban J connectivity index is 1.16. The Labute approximate surface area is 187 Å². The monoisotopic (exact) mass is 453 g/mol. The third-order valence-electron chi connectivity index (χ3n) is 6.63. The maximum atomic E-state index is 13.1. The molecule has 1 aliphatic carbocycles. The summed E-state index contributed by atoms with van der Waals surface area (Å²) in [4.78, 5) is 36.8. The number of amides is 1. The number of hydrogen-bond acceptors (Lipinski definition) is 6. The van der Waals surface area contributed by atoms with E-state index in [4.69, 9.17) is 0 Å². The molecular formula is C22H23N5O2S2. The van der Waals surface area contributed by atoms with Crippen LogP contribution in [0.2, 0.25) is 0 Å². The highest BCUT2D eigenvalue weighted by Crippen LogP contribution is 2.39. The van der Waals surface area contributed by atoms with Gasteiger partial charge < -0.3 is 9.88 Å². The minimum atomic E-state index is -0.179. The number of nitrogens with zero attached hydrogens (tertiary/aromatic N) is 3. The number of fused-ring (bicyclic) bond motifs is 3. The van der Waals surface area contributed by atoms with Gasteiger partial charge in [0, 0.05) is 29.6 Å². The topological polar surface area (TPSA) is 94.7 Å². The molecule has 2 aliphatic heterocycles. The lowest BCUT2D eigenvalue weighted by Gasteiger charge is -2.30. The van der Waals surface area contributed by atoms with Crippen LogP contribution in [-0.4, -0.2) is 44.1 Å². The summed E-state index contributed by atoms with van der Waals surface area (Å²) in [7, 11) is 0. The van der Waals surface area contributed by atoms with Crippen molar-refractivity contribution in [2.75, 3.05) is 13.1 Å². The number of aromatic nitrogens is 4. The van der Waals surface area contributed by atoms with Crippen LogP contribution >= 0.6 is 23.1 Å². The molecule has 3 aliphatic rings. The largest absolute Gasteiger partial charge is 0.336 e. The molecule has 0 radical (unpaired) electrons. The van der Waals surface area contributed by atoms with E-state index in [-0.39, 0.29) is 17.3 Å². The van der Waals surface area contributed by atoms with Gasteiger partial charge in [-0.3, -0.25) is 14.7 Å². The summed E-state index contributed by atoms with van der Waals surface area (Å²) in [5.41, 5.74) is 3.24. The van der Waals surface area contributed by atoms with Crippen molar-refractivity contribution in [3.05, 3.63) is 55.6 Å². The Kier molecular flexibility index (Phi) is 4.75. The van der Waals surface area contributed by atoms with Crippen molar-refractivity contribution in [3.8, 4) is 0 Å². The summed E-state index contributed by atoms with van der Waals surface area (Å²) in [6, 6.07) is 2.19. The van der Waals surface area contributed by atoms with E-state index >= 15 is 0 Å². The highest BCUT2D eigenvalue weighted by molar-refractivity contribution is 8.02. The van der Waals surface area contributed by atoms with Crippen molar-refractivity contribution in [2.24, 2.45) is 0 Å². The quantitative estimate of drug-likeness (QED) is 0.627. The van der Waals surface area contributed by atoms with E-state index in [1.807, 2.05) is 16.7 Å². The Morgan fingerprint density at radius 3 is 2.90 bits per heavy atom. The number of aromatic amines is 2. The second-order valence-corrected chi connectivity index (χ2v) is 10.7. The number of thioether (sulfide) groups is 1. The number of hydrogen-bond donors (Lipinski definition) is 2. The number of piperidine rings is 1. The molecule has 1 unspecified atom stereocenters. The lowest BCUT2D eigenvalue weighted by atomic mass is 9.93. The smallest absolute Gasteiger partial charge is 0.289 e. The second-order valence-electron chi connectivity index (χ2n) is 8.50. The van der Waals surface area contributed by atoms with E-state index in [1.54, 1.807) is 11.3 Å². The van der Waals surface area contributed by atoms with Crippen LogP contribution in [-0.2, 0) is 12.8 Å². The number of allylic oxidation sites excluding steroid dienone is 1. The fraction of sp³-hybridized carbons (Fsp3) is 0.455. The number of H-pyrrole nitrogens is 2. The van der Waals surface area contributed by atoms with E-state index in [9.17, 15) is 9.59 Å². The average Bonchev–Trinajstić information content (AvgIpc) is 3.57. The molecule has 1 saturated heterocycles. The number of carbonyl (C=O) groups is 1. The van der Waals surface area contributed by atoms with Gasteiger partial charge in [0.1, 0.15) is 4.83 Å². The first-order valence-corrected chi connectivity index (χ1v) is 12.6. The third kappa shape index (κ3) is 3.34. The lowest BCUT2D eigenvalue weighted by Crippen LogP contribution is -2.39. The van der Waals surface area contributed by atoms with Crippen LogP contribution in [0.5, 0.6) is 0 Å². The van der Waals surface area contributed by atoms with Gasteiger partial charge in [-0.1, -0.05) is 6.08 Å². The van der Waals surface area contributed by atoms with Crippen LogP contribution in [0.4, 0.5) is 0 Å². The van der Waals surface area contributed by atoms with Gasteiger partial charge in [-0.15, -0.1) is 23.1 Å². The van der Waals surface area contributed by atoms with E-state index < -0.39 is 0 Å². The Bertz CT molecular complexity index is 1240. The molecule has 160 valence electrons. The van der Waals surface area contributed by atoms with Crippen molar-refractivity contribution in [1.29, 1.82) is 0 Å². The zero-order chi connectivity index (χ0) is 20.9. The van der Waals surface area contributed by atoms with Gasteiger partial charge in [-0.2, -0.15) is 5.10 Å². The van der Waals surface area contributed by atoms with Gasteiger partial charge in [0.15, 0.2) is 0 Å². The van der Waals surface area contributed by atoms with Crippen molar-refractivity contribution in [3.63, 3.8) is 0 Å². The molecule has 0 saturated carbocycles. The molecular weight excluding hydrogens is 430 g/mol. The molecule has 0 aromatic carbocycles. The normalized spacial score (nSPS) is 21.3. The minimum Gasteiger partial charge on any atom is -0.336 e. The summed E-state index contributed by atoms with van der Waals surface area (Å²) < 4.78 is 0. The predicted octanol–water partition coefficient (Wildman–Crippen LogP) is 3.91. The number of rotatable bonds is 3. The van der Waals surface area contributed by atoms with Crippen LogP contribution in [0.25, 0.3) is 10.2 Å². The summed E-state index contributed by atoms with van der Waals surface area (Å²) >= 11 is 3.40. The molecule has 6 rings (SSSR count). The highest BCUT2D eigenvalue weighted by atomic mass is 32.2. The fourth-order valence-electron chi connectivity index (χ4n) is 4.94. The average molecular weight is 454 g/mol. The van der Waals surface area contributed by atoms with Gasteiger partial charge in [0.25, 0.3) is 11.5 Å². The summed E-state index contributed by atoms with van der Waals surface area (Å²) in [5.74, 6) is 0.342. The van der Waals surface area contributed by atoms with E-state index in [0.717, 1.165) is 49.8 Å². The number of carbonyl (C=O) groups excluding carboxylic acids is 1. The lowest BCUT2D eigenvalue weighted by molar-refractivity contribution is 0.0700. The molecule has 0 spiro atoms. The molecule has 1 atom stereocenters. The summed E-state index contributed by atoms with van der Waals surface area (Å²) in [6.07, 6.45) is 8.02. The Morgan fingerprint density at radius 1 is 1.23 bits per heavy atom. The highest BCUT2D eigenvalue weighted by Gasteiger charge is 2.29. The van der Waals surface area contributed by atoms with Gasteiger partial charge >= 0.3 is 0 Å². The van der Waals surface area contributed by atoms with E-state index in [1.165, 1.54) is 10.6 Å². The van der Waals surface area contributed by atoms with Gasteiger partial charge in [0.2, 0.25) is 5.82 Å². The van der Waals surface area contributed by atoms with Crippen LogP contribution in [0.3, 0.4) is 0 Å². The van der Waals surface area contributed by atoms with Crippen LogP contribution in [0, 0.1) is 0 Å². The molecule has 2 N–H and O–H groups in total. The fourth-order valence-corrected chi connectivity index (χ4v) is 7.11. The second kappa shape index (κ2) is 7.63. The zero-order valence-corrected chi connectivity index (χ0v) is 18.7. The molecule has 3 aromatic rings. The maximum absolute atomic E-state index is 13.1.